The minimum absolute atomic E-state index is 0.788. The van der Waals surface area contributed by atoms with Gasteiger partial charge in [0.1, 0.15) is 16.8 Å². The molecule has 3 aliphatic rings. The zero-order chi connectivity index (χ0) is 24.1. The van der Waals surface area contributed by atoms with Gasteiger partial charge in [-0.2, -0.15) is 0 Å². The summed E-state index contributed by atoms with van der Waals surface area (Å²) < 4.78 is 11.8. The number of ether oxygens (including phenoxy) is 1. The Labute approximate surface area is 211 Å². The van der Waals surface area contributed by atoms with Gasteiger partial charge in [0.05, 0.1) is 12.8 Å². The van der Waals surface area contributed by atoms with Crippen molar-refractivity contribution in [2.24, 2.45) is 17.8 Å². The molecule has 180 valence electrons. The Bertz CT molecular complexity index is 1560. The molecule has 1 unspecified atom stereocenters. The number of methoxy groups -OCH3 is 1. The van der Waals surface area contributed by atoms with Crippen LogP contribution in [0.4, 0.5) is 0 Å². The summed E-state index contributed by atoms with van der Waals surface area (Å²) in [5.74, 6) is 3.57. The van der Waals surface area contributed by atoms with Crippen LogP contribution in [0, 0.1) is 17.8 Å². The summed E-state index contributed by atoms with van der Waals surface area (Å²) in [6, 6.07) is 20.8. The van der Waals surface area contributed by atoms with E-state index in [1.165, 1.54) is 44.1 Å². The predicted octanol–water partition coefficient (Wildman–Crippen LogP) is 8.09. The highest BCUT2D eigenvalue weighted by molar-refractivity contribution is 6.04. The van der Waals surface area contributed by atoms with Crippen LogP contribution >= 0.6 is 0 Å². The number of pyridine rings is 2. The molecular weight excluding hydrogens is 444 g/mol. The highest BCUT2D eigenvalue weighted by Gasteiger charge is 2.35. The first-order valence-corrected chi connectivity index (χ1v) is 13.2. The summed E-state index contributed by atoms with van der Waals surface area (Å²) in [6.45, 7) is 0. The summed E-state index contributed by atoms with van der Waals surface area (Å²) in [4.78, 5) is 9.52. The summed E-state index contributed by atoms with van der Waals surface area (Å²) in [7, 11) is 1.70. The third kappa shape index (κ3) is 3.76. The Morgan fingerprint density at radius 3 is 2.61 bits per heavy atom. The van der Waals surface area contributed by atoms with Gasteiger partial charge in [-0.15, -0.1) is 0 Å². The first-order chi connectivity index (χ1) is 17.7. The van der Waals surface area contributed by atoms with Crippen LogP contribution in [0.25, 0.3) is 44.5 Å². The van der Waals surface area contributed by atoms with Crippen LogP contribution in [-0.2, 0) is 6.42 Å². The van der Waals surface area contributed by atoms with Gasteiger partial charge < -0.3 is 9.15 Å². The van der Waals surface area contributed by atoms with E-state index in [2.05, 4.69) is 41.4 Å². The average molecular weight is 475 g/mol. The number of nitrogens with zero attached hydrogens (tertiary/aromatic N) is 2. The molecule has 1 atom stereocenters. The van der Waals surface area contributed by atoms with E-state index in [1.807, 2.05) is 36.7 Å². The Hall–Kier alpha value is -3.66. The van der Waals surface area contributed by atoms with Gasteiger partial charge in [-0.3, -0.25) is 9.97 Å². The Kier molecular flexibility index (Phi) is 5.27. The first-order valence-electron chi connectivity index (χ1n) is 13.2. The Balaban J connectivity index is 1.21. The molecule has 4 nitrogen and oxygen atoms in total. The second kappa shape index (κ2) is 8.77. The van der Waals surface area contributed by atoms with Crippen molar-refractivity contribution < 1.29 is 9.15 Å². The monoisotopic (exact) mass is 474 g/mol. The summed E-state index contributed by atoms with van der Waals surface area (Å²) in [5, 5.41) is 1.01. The van der Waals surface area contributed by atoms with E-state index in [0.29, 0.717) is 0 Å². The van der Waals surface area contributed by atoms with E-state index in [9.17, 15) is 0 Å². The molecule has 4 heteroatoms. The number of furan rings is 1. The lowest BCUT2D eigenvalue weighted by molar-refractivity contribution is 0.0991. The lowest BCUT2D eigenvalue weighted by Gasteiger charge is -2.42. The molecule has 3 fully saturated rings. The molecule has 3 aliphatic carbocycles. The molecule has 0 spiro atoms. The third-order valence-electron chi connectivity index (χ3n) is 8.54. The van der Waals surface area contributed by atoms with Crippen LogP contribution in [0.1, 0.15) is 37.7 Å². The second-order valence-electron chi connectivity index (χ2n) is 10.6. The molecule has 0 N–H and O–H groups in total. The molecule has 3 heterocycles. The van der Waals surface area contributed by atoms with Crippen LogP contribution in [0.3, 0.4) is 0 Å². The number of para-hydroxylation sites is 1. The van der Waals surface area contributed by atoms with Crippen molar-refractivity contribution in [3.05, 3.63) is 78.6 Å². The Morgan fingerprint density at radius 2 is 1.78 bits per heavy atom. The smallest absolute Gasteiger partial charge is 0.154 e. The van der Waals surface area contributed by atoms with Gasteiger partial charge in [0.25, 0.3) is 0 Å². The summed E-state index contributed by atoms with van der Waals surface area (Å²) in [6.07, 6.45) is 12.2. The van der Waals surface area contributed by atoms with Crippen LogP contribution < -0.4 is 4.74 Å². The summed E-state index contributed by atoms with van der Waals surface area (Å²) in [5.41, 5.74) is 8.00. The number of hydrogen-bond acceptors (Lipinski definition) is 4. The van der Waals surface area contributed by atoms with Gasteiger partial charge in [-0.25, -0.2) is 0 Å². The standard InChI is InChI=1S/C32H30N2O2/c1-35-29-5-3-2-4-26(29)23-10-11-30-27(17-23)32-31(36-30)18-25(19-34-32)28-16-21(12-13-33-28)15-24-14-20-6-8-22(24)9-7-20/h2-5,10-13,16-20,22,24H,6-9,14-15H2,1H3. The number of benzene rings is 2. The van der Waals surface area contributed by atoms with Crippen molar-refractivity contribution in [3.8, 4) is 28.1 Å². The van der Waals surface area contributed by atoms with E-state index in [4.69, 9.17) is 14.1 Å². The first kappa shape index (κ1) is 21.6. The predicted molar refractivity (Wildman–Crippen MR) is 144 cm³/mol. The highest BCUT2D eigenvalue weighted by Crippen LogP contribution is 2.46. The van der Waals surface area contributed by atoms with Gasteiger partial charge >= 0.3 is 0 Å². The van der Waals surface area contributed by atoms with Crippen molar-refractivity contribution in [3.63, 3.8) is 0 Å². The molecule has 2 bridgehead atoms. The molecule has 0 radical (unpaired) electrons. The topological polar surface area (TPSA) is 48.2 Å². The molecule has 5 aromatic rings. The van der Waals surface area contributed by atoms with Gasteiger partial charge in [0.15, 0.2) is 5.58 Å². The second-order valence-corrected chi connectivity index (χ2v) is 10.6. The minimum atomic E-state index is 0.788. The fourth-order valence-corrected chi connectivity index (χ4v) is 6.67. The molecule has 3 aromatic heterocycles. The van der Waals surface area contributed by atoms with Crippen molar-refractivity contribution in [2.75, 3.05) is 7.11 Å². The maximum atomic E-state index is 6.23. The minimum Gasteiger partial charge on any atom is -0.496 e. The quantitative estimate of drug-likeness (QED) is 0.258. The average Bonchev–Trinajstić information content (AvgIpc) is 3.31. The fraction of sp³-hybridized carbons (Fsp3) is 0.312. The van der Waals surface area contributed by atoms with E-state index < -0.39 is 0 Å². The van der Waals surface area contributed by atoms with E-state index >= 15 is 0 Å². The molecule has 0 aliphatic heterocycles. The van der Waals surface area contributed by atoms with Crippen molar-refractivity contribution >= 4 is 22.1 Å². The van der Waals surface area contributed by atoms with Gasteiger partial charge in [-0.1, -0.05) is 37.1 Å². The number of rotatable bonds is 5. The third-order valence-corrected chi connectivity index (χ3v) is 8.54. The lowest BCUT2D eigenvalue weighted by Crippen LogP contribution is -2.32. The fourth-order valence-electron chi connectivity index (χ4n) is 6.67. The molecular formula is C32H30N2O2. The summed E-state index contributed by atoms with van der Waals surface area (Å²) >= 11 is 0. The van der Waals surface area contributed by atoms with Crippen molar-refractivity contribution in [1.82, 2.24) is 9.97 Å². The van der Waals surface area contributed by atoms with E-state index in [-0.39, 0.29) is 0 Å². The molecule has 0 amide bonds. The van der Waals surface area contributed by atoms with Crippen LogP contribution in [0.2, 0.25) is 0 Å². The van der Waals surface area contributed by atoms with Crippen molar-refractivity contribution in [2.45, 2.75) is 38.5 Å². The number of aromatic nitrogens is 2. The molecule has 3 saturated carbocycles. The van der Waals surface area contributed by atoms with Crippen LogP contribution in [0.5, 0.6) is 5.75 Å². The van der Waals surface area contributed by atoms with E-state index in [0.717, 1.165) is 68.0 Å². The largest absolute Gasteiger partial charge is 0.496 e. The molecule has 0 saturated heterocycles. The van der Waals surface area contributed by atoms with Gasteiger partial charge in [-0.05, 0) is 91.0 Å². The zero-order valence-corrected chi connectivity index (χ0v) is 20.6. The normalized spacial score (nSPS) is 21.3. The molecule has 8 rings (SSSR count). The van der Waals surface area contributed by atoms with E-state index in [1.54, 1.807) is 7.11 Å². The number of hydrogen-bond donors (Lipinski definition) is 0. The maximum absolute atomic E-state index is 6.23. The molecule has 2 aromatic carbocycles. The maximum Gasteiger partial charge on any atom is 0.154 e. The van der Waals surface area contributed by atoms with Gasteiger partial charge in [0.2, 0.25) is 0 Å². The lowest BCUT2D eigenvalue weighted by atomic mass is 9.63. The SMILES string of the molecule is COc1ccccc1-c1ccc2oc3cc(-c4cc(CC5CC6CCC5CC6)ccn4)cnc3c2c1. The highest BCUT2D eigenvalue weighted by atomic mass is 16.5. The number of fused-ring (bicyclic) bond motifs is 6. The van der Waals surface area contributed by atoms with Crippen LogP contribution in [-0.4, -0.2) is 17.1 Å². The Morgan fingerprint density at radius 1 is 0.889 bits per heavy atom. The van der Waals surface area contributed by atoms with Crippen molar-refractivity contribution in [1.29, 1.82) is 0 Å². The van der Waals surface area contributed by atoms with Crippen LogP contribution in [0.15, 0.2) is 77.5 Å². The molecule has 36 heavy (non-hydrogen) atoms. The zero-order valence-electron chi connectivity index (χ0n) is 20.6. The van der Waals surface area contributed by atoms with Gasteiger partial charge in [0, 0.05) is 28.9 Å².